The maximum atomic E-state index is 12.4. The lowest BCUT2D eigenvalue weighted by atomic mass is 10.1. The van der Waals surface area contributed by atoms with Crippen molar-refractivity contribution in [1.29, 1.82) is 0 Å². The molecular formula is C54H92O6. The Morgan fingerprint density at radius 3 is 0.833 bits per heavy atom. The first kappa shape index (κ1) is 55.0. The number of unbranched alkanes of at least 4 members (excludes halogenated alkanes) is 28. The average Bonchev–Trinajstić information content (AvgIpc) is 3.27. The topological polar surface area (TPSA) is 71.1 Å². The van der Waals surface area contributed by atoms with Gasteiger partial charge in [0.15, 0.2) is 0 Å². The average molecular weight is 837 g/mol. The SMILES string of the molecule is CCCCCCCCCCOC(=O)c1ccccc1OCCCCCCCCCC.CCCCCCCCCCOC(=O)c1ccccc1OCCCCCCCCCC. The summed E-state index contributed by atoms with van der Waals surface area (Å²) in [6.07, 6.45) is 40.2. The molecule has 0 unspecified atom stereocenters. The molecule has 2 aromatic carbocycles. The van der Waals surface area contributed by atoms with E-state index in [0.29, 0.717) is 49.1 Å². The molecule has 344 valence electrons. The van der Waals surface area contributed by atoms with E-state index in [9.17, 15) is 9.59 Å². The molecule has 0 saturated carbocycles. The molecule has 0 radical (unpaired) electrons. The highest BCUT2D eigenvalue weighted by Gasteiger charge is 2.14. The van der Waals surface area contributed by atoms with E-state index in [-0.39, 0.29) is 11.9 Å². The van der Waals surface area contributed by atoms with Gasteiger partial charge in [0, 0.05) is 0 Å². The third-order valence-corrected chi connectivity index (χ3v) is 11.2. The van der Waals surface area contributed by atoms with E-state index in [0.717, 1.165) is 38.5 Å². The molecule has 6 nitrogen and oxygen atoms in total. The van der Waals surface area contributed by atoms with E-state index < -0.39 is 0 Å². The van der Waals surface area contributed by atoms with Crippen LogP contribution in [0.4, 0.5) is 0 Å². The largest absolute Gasteiger partial charge is 0.493 e. The molecule has 0 N–H and O–H groups in total. The van der Waals surface area contributed by atoms with Gasteiger partial charge < -0.3 is 18.9 Å². The Morgan fingerprint density at radius 2 is 0.550 bits per heavy atom. The molecule has 0 bridgehead atoms. The second-order valence-electron chi connectivity index (χ2n) is 16.9. The van der Waals surface area contributed by atoms with Gasteiger partial charge in [-0.3, -0.25) is 0 Å². The molecule has 0 aromatic heterocycles. The number of carbonyl (C=O) groups is 2. The van der Waals surface area contributed by atoms with Gasteiger partial charge in [-0.05, 0) is 49.9 Å². The monoisotopic (exact) mass is 837 g/mol. The summed E-state index contributed by atoms with van der Waals surface area (Å²) in [5.41, 5.74) is 1.10. The first-order chi connectivity index (χ1) is 29.6. The van der Waals surface area contributed by atoms with Gasteiger partial charge >= 0.3 is 11.9 Å². The maximum Gasteiger partial charge on any atom is 0.341 e. The molecule has 2 rings (SSSR count). The predicted octanol–water partition coefficient (Wildman–Crippen LogP) is 17.0. The van der Waals surface area contributed by atoms with E-state index in [4.69, 9.17) is 18.9 Å². The predicted molar refractivity (Wildman–Crippen MR) is 255 cm³/mol. The van der Waals surface area contributed by atoms with Gasteiger partial charge in [-0.15, -0.1) is 0 Å². The smallest absolute Gasteiger partial charge is 0.341 e. The summed E-state index contributed by atoms with van der Waals surface area (Å²) in [5.74, 6) is 0.789. The first-order valence-corrected chi connectivity index (χ1v) is 25.4. The molecule has 0 spiro atoms. The molecule has 0 saturated heterocycles. The van der Waals surface area contributed by atoms with E-state index in [1.165, 1.54) is 167 Å². The van der Waals surface area contributed by atoms with E-state index in [2.05, 4.69) is 27.7 Å². The van der Waals surface area contributed by atoms with Gasteiger partial charge in [0.1, 0.15) is 22.6 Å². The van der Waals surface area contributed by atoms with E-state index in [1.807, 2.05) is 36.4 Å². The van der Waals surface area contributed by atoms with Crippen LogP contribution in [0.1, 0.15) is 254 Å². The molecule has 0 aliphatic rings. The van der Waals surface area contributed by atoms with Crippen LogP contribution in [0.5, 0.6) is 11.5 Å². The second-order valence-corrected chi connectivity index (χ2v) is 16.9. The number of ether oxygens (including phenoxy) is 4. The molecule has 2 aromatic rings. The Morgan fingerprint density at radius 1 is 0.317 bits per heavy atom. The number of carbonyl (C=O) groups excluding carboxylic acids is 2. The van der Waals surface area contributed by atoms with Crippen molar-refractivity contribution in [3.05, 3.63) is 59.7 Å². The molecule has 0 aliphatic heterocycles. The Labute approximate surface area is 370 Å². The zero-order valence-corrected chi connectivity index (χ0v) is 39.5. The van der Waals surface area contributed by atoms with Crippen molar-refractivity contribution in [2.24, 2.45) is 0 Å². The van der Waals surface area contributed by atoms with Crippen molar-refractivity contribution >= 4 is 11.9 Å². The lowest BCUT2D eigenvalue weighted by molar-refractivity contribution is 0.0483. The molecule has 0 aliphatic carbocycles. The number of para-hydroxylation sites is 2. The Hall–Kier alpha value is -3.02. The van der Waals surface area contributed by atoms with Crippen LogP contribution in [0.15, 0.2) is 48.5 Å². The van der Waals surface area contributed by atoms with Crippen LogP contribution in [0.2, 0.25) is 0 Å². The minimum Gasteiger partial charge on any atom is -0.493 e. The standard InChI is InChI=1S/2C27H46O3/c2*1-3-5-7-9-11-13-15-19-23-29-26-22-18-17-21-25(26)27(28)30-24-20-16-14-12-10-8-6-4-2/h2*17-18,21-22H,3-16,19-20,23-24H2,1-2H3. The number of esters is 2. The molecular weight excluding hydrogens is 745 g/mol. The van der Waals surface area contributed by atoms with Crippen LogP contribution in [0.25, 0.3) is 0 Å². The molecule has 6 heteroatoms. The zero-order chi connectivity index (χ0) is 43.4. The highest BCUT2D eigenvalue weighted by atomic mass is 16.5. The fourth-order valence-electron chi connectivity index (χ4n) is 7.32. The number of benzene rings is 2. The summed E-state index contributed by atoms with van der Waals surface area (Å²) in [6.45, 7) is 11.3. The lowest BCUT2D eigenvalue weighted by Gasteiger charge is -2.11. The highest BCUT2D eigenvalue weighted by Crippen LogP contribution is 2.22. The summed E-state index contributed by atoms with van der Waals surface area (Å²) in [5, 5.41) is 0. The normalized spacial score (nSPS) is 10.9. The first-order valence-electron chi connectivity index (χ1n) is 25.4. The van der Waals surface area contributed by atoms with Crippen LogP contribution >= 0.6 is 0 Å². The molecule has 0 heterocycles. The van der Waals surface area contributed by atoms with Crippen molar-refractivity contribution in [2.75, 3.05) is 26.4 Å². The van der Waals surface area contributed by atoms with Gasteiger partial charge in [-0.2, -0.15) is 0 Å². The van der Waals surface area contributed by atoms with Crippen molar-refractivity contribution in [1.82, 2.24) is 0 Å². The second kappa shape index (κ2) is 42.7. The van der Waals surface area contributed by atoms with Crippen LogP contribution in [-0.4, -0.2) is 38.4 Å². The van der Waals surface area contributed by atoms with Crippen LogP contribution in [0, 0.1) is 0 Å². The fourth-order valence-corrected chi connectivity index (χ4v) is 7.32. The van der Waals surface area contributed by atoms with Gasteiger partial charge in [0.25, 0.3) is 0 Å². The van der Waals surface area contributed by atoms with Crippen LogP contribution < -0.4 is 9.47 Å². The maximum absolute atomic E-state index is 12.4. The van der Waals surface area contributed by atoms with Gasteiger partial charge in [-0.1, -0.05) is 232 Å². The Kier molecular flexibility index (Phi) is 39.1. The fraction of sp³-hybridized carbons (Fsp3) is 0.741. The van der Waals surface area contributed by atoms with Crippen molar-refractivity contribution < 1.29 is 28.5 Å². The van der Waals surface area contributed by atoms with Crippen molar-refractivity contribution in [3.63, 3.8) is 0 Å². The minimum atomic E-state index is -0.260. The van der Waals surface area contributed by atoms with Crippen molar-refractivity contribution in [3.8, 4) is 11.5 Å². The Balaban J connectivity index is 0.000000600. The third kappa shape index (κ3) is 31.8. The van der Waals surface area contributed by atoms with Gasteiger partial charge in [-0.25, -0.2) is 9.59 Å². The van der Waals surface area contributed by atoms with Crippen LogP contribution in [0.3, 0.4) is 0 Å². The quantitative estimate of drug-likeness (QED) is 0.0492. The molecule has 0 fully saturated rings. The Bertz CT molecular complexity index is 1150. The molecule has 0 atom stereocenters. The van der Waals surface area contributed by atoms with Gasteiger partial charge in [0.2, 0.25) is 0 Å². The zero-order valence-electron chi connectivity index (χ0n) is 39.5. The summed E-state index contributed by atoms with van der Waals surface area (Å²) in [7, 11) is 0. The van der Waals surface area contributed by atoms with E-state index in [1.54, 1.807) is 12.1 Å². The minimum absolute atomic E-state index is 0.260. The summed E-state index contributed by atoms with van der Waals surface area (Å²) in [4.78, 5) is 24.9. The summed E-state index contributed by atoms with van der Waals surface area (Å²) in [6, 6.07) is 14.9. The summed E-state index contributed by atoms with van der Waals surface area (Å²) < 4.78 is 22.8. The number of rotatable bonds is 40. The van der Waals surface area contributed by atoms with E-state index >= 15 is 0 Å². The molecule has 60 heavy (non-hydrogen) atoms. The lowest BCUT2D eigenvalue weighted by Crippen LogP contribution is -2.09. The van der Waals surface area contributed by atoms with Gasteiger partial charge in [0.05, 0.1) is 26.4 Å². The number of hydrogen-bond donors (Lipinski definition) is 0. The van der Waals surface area contributed by atoms with Crippen LogP contribution in [-0.2, 0) is 9.47 Å². The van der Waals surface area contributed by atoms with Crippen molar-refractivity contribution in [2.45, 2.75) is 233 Å². The third-order valence-electron chi connectivity index (χ3n) is 11.2. The summed E-state index contributed by atoms with van der Waals surface area (Å²) >= 11 is 0. The highest BCUT2D eigenvalue weighted by molar-refractivity contribution is 5.93. The number of hydrogen-bond acceptors (Lipinski definition) is 6. The molecule has 0 amide bonds.